The number of amides is 1. The minimum absolute atomic E-state index is 0.122. The molecule has 0 spiro atoms. The van der Waals surface area contributed by atoms with Crippen LogP contribution in [0.3, 0.4) is 0 Å². The second-order valence-electron chi connectivity index (χ2n) is 8.09. The molecule has 1 aliphatic heterocycles. The predicted molar refractivity (Wildman–Crippen MR) is 105 cm³/mol. The van der Waals surface area contributed by atoms with Crippen LogP contribution in [-0.2, 0) is 4.79 Å². The van der Waals surface area contributed by atoms with Gasteiger partial charge in [0, 0.05) is 36.4 Å². The number of aromatic nitrogens is 1. The van der Waals surface area contributed by atoms with Crippen molar-refractivity contribution in [2.45, 2.75) is 37.5 Å². The summed E-state index contributed by atoms with van der Waals surface area (Å²) in [6.07, 6.45) is -1.28. The van der Waals surface area contributed by atoms with E-state index < -0.39 is 30.1 Å². The van der Waals surface area contributed by atoms with E-state index in [4.69, 9.17) is 5.73 Å². The van der Waals surface area contributed by atoms with E-state index in [0.29, 0.717) is 22.2 Å². The molecule has 2 aromatic rings. The van der Waals surface area contributed by atoms with Crippen LogP contribution in [0.1, 0.15) is 24.8 Å². The fourth-order valence-electron chi connectivity index (χ4n) is 4.13. The van der Waals surface area contributed by atoms with Crippen molar-refractivity contribution in [1.82, 2.24) is 10.3 Å². The highest BCUT2D eigenvalue weighted by Gasteiger charge is 2.45. The monoisotopic (exact) mass is 417 g/mol. The zero-order valence-corrected chi connectivity index (χ0v) is 16.2. The number of benzene rings is 1. The number of rotatable bonds is 4. The quantitative estimate of drug-likeness (QED) is 0.798. The number of pyridine rings is 1. The van der Waals surface area contributed by atoms with Gasteiger partial charge in [-0.3, -0.25) is 9.78 Å². The van der Waals surface area contributed by atoms with Gasteiger partial charge in [-0.25, -0.2) is 0 Å². The lowest BCUT2D eigenvalue weighted by molar-refractivity contribution is -0.178. The van der Waals surface area contributed by atoms with E-state index in [2.05, 4.69) is 16.4 Å². The van der Waals surface area contributed by atoms with E-state index in [1.165, 1.54) is 0 Å². The molecule has 9 heteroatoms. The van der Waals surface area contributed by atoms with Crippen LogP contribution < -0.4 is 16.0 Å². The minimum atomic E-state index is -4.39. The van der Waals surface area contributed by atoms with E-state index in [0.717, 1.165) is 12.8 Å². The molecule has 2 heterocycles. The first-order valence-electron chi connectivity index (χ1n) is 9.93. The Kier molecular flexibility index (Phi) is 5.28. The molecular weight excluding hydrogens is 395 g/mol. The SMILES string of the molecule is N#Cc1ccc(N2CC(NC(=O)C(N)C3CC3)CC(C(F)(F)F)C2)c2cccnc12. The summed E-state index contributed by atoms with van der Waals surface area (Å²) in [5.41, 5.74) is 7.30. The number of fused-ring (bicyclic) bond motifs is 1. The van der Waals surface area contributed by atoms with Gasteiger partial charge in [-0.1, -0.05) is 0 Å². The van der Waals surface area contributed by atoms with Crippen molar-refractivity contribution in [2.75, 3.05) is 18.0 Å². The number of nitrogens with one attached hydrogen (secondary N) is 1. The first-order chi connectivity index (χ1) is 14.3. The zero-order chi connectivity index (χ0) is 21.5. The van der Waals surface area contributed by atoms with Crippen molar-refractivity contribution in [1.29, 1.82) is 5.26 Å². The van der Waals surface area contributed by atoms with Crippen LogP contribution in [0, 0.1) is 23.2 Å². The maximum atomic E-state index is 13.7. The summed E-state index contributed by atoms with van der Waals surface area (Å²) in [6, 6.07) is 7.36. The maximum absolute atomic E-state index is 13.7. The molecule has 2 aliphatic rings. The van der Waals surface area contributed by atoms with E-state index in [1.54, 1.807) is 35.4 Å². The molecule has 3 unspecified atom stereocenters. The standard InChI is InChI=1S/C21H22F3N5O/c22-21(23,24)14-8-15(28-20(30)18(26)12-3-4-12)11-29(10-14)17-6-5-13(9-25)19-16(17)2-1-7-27-19/h1-2,5-7,12,14-15,18H,3-4,8,10-11,26H2,(H,28,30). The van der Waals surface area contributed by atoms with E-state index >= 15 is 0 Å². The third-order valence-corrected chi connectivity index (χ3v) is 5.90. The van der Waals surface area contributed by atoms with Gasteiger partial charge in [0.05, 0.1) is 23.0 Å². The van der Waals surface area contributed by atoms with Crippen molar-refractivity contribution >= 4 is 22.5 Å². The van der Waals surface area contributed by atoms with Crippen LogP contribution >= 0.6 is 0 Å². The number of nitrogens with zero attached hydrogens (tertiary/aromatic N) is 3. The molecule has 1 aromatic heterocycles. The average molecular weight is 417 g/mol. The van der Waals surface area contributed by atoms with Crippen molar-refractivity contribution in [2.24, 2.45) is 17.6 Å². The number of anilines is 1. The fraction of sp³-hybridized carbons (Fsp3) is 0.476. The van der Waals surface area contributed by atoms with Crippen LogP contribution in [0.5, 0.6) is 0 Å². The molecular formula is C21H22F3N5O. The Morgan fingerprint density at radius 1 is 1.30 bits per heavy atom. The minimum Gasteiger partial charge on any atom is -0.368 e. The van der Waals surface area contributed by atoms with Gasteiger partial charge in [-0.15, -0.1) is 0 Å². The molecule has 1 saturated carbocycles. The van der Waals surface area contributed by atoms with E-state index in [1.807, 2.05) is 0 Å². The number of nitrogens with two attached hydrogens (primary N) is 1. The fourth-order valence-corrected chi connectivity index (χ4v) is 4.13. The van der Waals surface area contributed by atoms with Crippen LogP contribution in [0.15, 0.2) is 30.5 Å². The van der Waals surface area contributed by atoms with Crippen LogP contribution in [0.25, 0.3) is 10.9 Å². The lowest BCUT2D eigenvalue weighted by Crippen LogP contribution is -2.56. The molecule has 6 nitrogen and oxygen atoms in total. The highest BCUT2D eigenvalue weighted by molar-refractivity contribution is 5.95. The van der Waals surface area contributed by atoms with Gasteiger partial charge in [0.25, 0.3) is 0 Å². The Morgan fingerprint density at radius 3 is 2.73 bits per heavy atom. The van der Waals surface area contributed by atoms with Gasteiger partial charge in [0.2, 0.25) is 5.91 Å². The Balaban J connectivity index is 1.64. The average Bonchev–Trinajstić information content (AvgIpc) is 3.56. The summed E-state index contributed by atoms with van der Waals surface area (Å²) >= 11 is 0. The van der Waals surface area contributed by atoms with Gasteiger partial charge >= 0.3 is 6.18 Å². The summed E-state index contributed by atoms with van der Waals surface area (Å²) in [7, 11) is 0. The second-order valence-corrected chi connectivity index (χ2v) is 8.09. The molecule has 1 amide bonds. The smallest absolute Gasteiger partial charge is 0.368 e. The highest BCUT2D eigenvalue weighted by Crippen LogP contribution is 2.37. The van der Waals surface area contributed by atoms with Crippen molar-refractivity contribution in [3.05, 3.63) is 36.0 Å². The summed E-state index contributed by atoms with van der Waals surface area (Å²) in [6.45, 7) is 0.00600. The van der Waals surface area contributed by atoms with Crippen molar-refractivity contribution in [3.63, 3.8) is 0 Å². The molecule has 4 rings (SSSR count). The lowest BCUT2D eigenvalue weighted by Gasteiger charge is -2.40. The molecule has 30 heavy (non-hydrogen) atoms. The van der Waals surface area contributed by atoms with Crippen LogP contribution in [0.2, 0.25) is 0 Å². The number of piperidine rings is 1. The Labute approximate surface area is 171 Å². The molecule has 158 valence electrons. The first-order valence-corrected chi connectivity index (χ1v) is 9.93. The van der Waals surface area contributed by atoms with E-state index in [-0.39, 0.29) is 25.4 Å². The predicted octanol–water partition coefficient (Wildman–Crippen LogP) is 2.72. The van der Waals surface area contributed by atoms with Gasteiger partial charge in [0.15, 0.2) is 0 Å². The Morgan fingerprint density at radius 2 is 2.07 bits per heavy atom. The zero-order valence-electron chi connectivity index (χ0n) is 16.2. The molecule has 1 aliphatic carbocycles. The molecule has 0 bridgehead atoms. The van der Waals surface area contributed by atoms with Gasteiger partial charge in [-0.2, -0.15) is 18.4 Å². The van der Waals surface area contributed by atoms with Gasteiger partial charge in [0.1, 0.15) is 6.07 Å². The Hall–Kier alpha value is -2.86. The second kappa shape index (κ2) is 7.76. The molecule has 0 radical (unpaired) electrons. The third kappa shape index (κ3) is 4.05. The number of halogens is 3. The number of carbonyl (C=O) groups excluding carboxylic acids is 1. The molecule has 3 atom stereocenters. The number of nitriles is 1. The lowest BCUT2D eigenvalue weighted by atomic mass is 9.92. The van der Waals surface area contributed by atoms with Crippen molar-refractivity contribution in [3.8, 4) is 6.07 Å². The molecule has 1 aromatic carbocycles. The summed E-state index contributed by atoms with van der Waals surface area (Å²) < 4.78 is 41.0. The molecule has 3 N–H and O–H groups in total. The number of hydrogen-bond donors (Lipinski definition) is 2. The molecule has 2 fully saturated rings. The normalized spacial score (nSPS) is 23.1. The maximum Gasteiger partial charge on any atom is 0.393 e. The number of hydrogen-bond acceptors (Lipinski definition) is 5. The highest BCUT2D eigenvalue weighted by atomic mass is 19.4. The topological polar surface area (TPSA) is 95.0 Å². The summed E-state index contributed by atoms with van der Waals surface area (Å²) in [5.74, 6) is -1.86. The van der Waals surface area contributed by atoms with Crippen molar-refractivity contribution < 1.29 is 18.0 Å². The third-order valence-electron chi connectivity index (χ3n) is 5.90. The largest absolute Gasteiger partial charge is 0.393 e. The van der Waals surface area contributed by atoms with Crippen LogP contribution in [-0.4, -0.2) is 42.2 Å². The summed E-state index contributed by atoms with van der Waals surface area (Å²) in [5, 5.41) is 12.7. The van der Waals surface area contributed by atoms with E-state index in [9.17, 15) is 23.2 Å². The molecule has 1 saturated heterocycles. The first kappa shape index (κ1) is 20.4. The Bertz CT molecular complexity index is 998. The van der Waals surface area contributed by atoms with Gasteiger partial charge in [-0.05, 0) is 49.4 Å². The summed E-state index contributed by atoms with van der Waals surface area (Å²) in [4.78, 5) is 18.3. The number of carbonyl (C=O) groups is 1. The number of alkyl halides is 3. The van der Waals surface area contributed by atoms with Gasteiger partial charge < -0.3 is 16.0 Å². The van der Waals surface area contributed by atoms with Crippen LogP contribution in [0.4, 0.5) is 18.9 Å².